The summed E-state index contributed by atoms with van der Waals surface area (Å²) in [5.41, 5.74) is 11.0. The van der Waals surface area contributed by atoms with Crippen molar-refractivity contribution in [1.82, 2.24) is 0 Å². The topological polar surface area (TPSA) is 93.9 Å². The van der Waals surface area contributed by atoms with E-state index in [2.05, 4.69) is 26.0 Å². The number of nitrogens with zero attached hydrogens (tertiary/aromatic N) is 3. The van der Waals surface area contributed by atoms with E-state index in [4.69, 9.17) is 5.73 Å². The Morgan fingerprint density at radius 2 is 1.82 bits per heavy atom. The first kappa shape index (κ1) is 21.5. The maximum Gasteiger partial charge on any atom is 0.162 e. The van der Waals surface area contributed by atoms with Gasteiger partial charge >= 0.3 is 0 Å². The summed E-state index contributed by atoms with van der Waals surface area (Å²) < 4.78 is 0. The minimum Gasteiger partial charge on any atom is -0.384 e. The third-order valence-electron chi connectivity index (χ3n) is 6.98. The fourth-order valence-corrected chi connectivity index (χ4v) is 6.92. The van der Waals surface area contributed by atoms with Crippen LogP contribution in [0.4, 0.5) is 5.00 Å². The zero-order chi connectivity index (χ0) is 23.3. The Bertz CT molecular complexity index is 1300. The Hall–Kier alpha value is -3.35. The number of hydrogen-bond acceptors (Lipinski definition) is 6. The fourth-order valence-electron chi connectivity index (χ4n) is 5.54. The molecule has 0 spiro atoms. The number of rotatable bonds is 2. The Balaban J connectivity index is 1.79. The predicted octanol–water partition coefficient (Wildman–Crippen LogP) is 5.44. The van der Waals surface area contributed by atoms with E-state index in [0.717, 1.165) is 47.5 Å². The molecule has 5 rings (SSSR count). The van der Waals surface area contributed by atoms with Crippen LogP contribution in [0, 0.1) is 28.1 Å². The minimum absolute atomic E-state index is 0.0557. The number of nitriles is 2. The van der Waals surface area contributed by atoms with Crippen LogP contribution in [0.3, 0.4) is 0 Å². The lowest BCUT2D eigenvalue weighted by Crippen LogP contribution is -2.42. The Morgan fingerprint density at radius 1 is 1.09 bits per heavy atom. The fraction of sp³-hybridized carbons (Fsp3) is 0.370. The Morgan fingerprint density at radius 3 is 2.52 bits per heavy atom. The van der Waals surface area contributed by atoms with Crippen LogP contribution in [0.1, 0.15) is 67.0 Å². The van der Waals surface area contributed by atoms with Gasteiger partial charge in [-0.1, -0.05) is 44.2 Å². The summed E-state index contributed by atoms with van der Waals surface area (Å²) >= 11 is 1.60. The van der Waals surface area contributed by atoms with Crippen molar-refractivity contribution >= 4 is 22.1 Å². The van der Waals surface area contributed by atoms with Gasteiger partial charge in [0.1, 0.15) is 16.9 Å². The highest BCUT2D eigenvalue weighted by Crippen LogP contribution is 2.52. The van der Waals surface area contributed by atoms with Gasteiger partial charge in [-0.3, -0.25) is 9.69 Å². The number of Topliss-reactive ketones (excluding diaryl/α,β-unsaturated/α-hetero) is 1. The lowest BCUT2D eigenvalue weighted by atomic mass is 9.68. The number of aryl methyl sites for hydroxylation is 1. The molecule has 0 saturated carbocycles. The third-order valence-corrected chi connectivity index (χ3v) is 8.26. The highest BCUT2D eigenvalue weighted by Gasteiger charge is 2.45. The zero-order valence-corrected chi connectivity index (χ0v) is 19.8. The third kappa shape index (κ3) is 3.37. The van der Waals surface area contributed by atoms with E-state index in [1.54, 1.807) is 11.3 Å². The highest BCUT2D eigenvalue weighted by atomic mass is 32.1. The molecular weight excluding hydrogens is 428 g/mol. The normalized spacial score (nSPS) is 21.9. The average molecular weight is 455 g/mol. The van der Waals surface area contributed by atoms with E-state index >= 15 is 0 Å². The number of anilines is 1. The van der Waals surface area contributed by atoms with Gasteiger partial charge in [-0.05, 0) is 48.6 Å². The molecule has 33 heavy (non-hydrogen) atoms. The van der Waals surface area contributed by atoms with Crippen molar-refractivity contribution in [3.8, 4) is 12.1 Å². The summed E-state index contributed by atoms with van der Waals surface area (Å²) in [5, 5.41) is 21.1. The van der Waals surface area contributed by atoms with Crippen LogP contribution < -0.4 is 10.6 Å². The number of fused-ring (bicyclic) bond motifs is 1. The van der Waals surface area contributed by atoms with Crippen LogP contribution >= 0.6 is 11.3 Å². The van der Waals surface area contributed by atoms with Crippen molar-refractivity contribution in [2.45, 2.75) is 58.3 Å². The molecule has 0 fully saturated rings. The van der Waals surface area contributed by atoms with Crippen LogP contribution in [0.5, 0.6) is 0 Å². The summed E-state index contributed by atoms with van der Waals surface area (Å²) in [6.45, 7) is 4.18. The van der Waals surface area contributed by atoms with E-state index in [1.165, 1.54) is 4.88 Å². The van der Waals surface area contributed by atoms with Gasteiger partial charge in [0, 0.05) is 22.6 Å². The van der Waals surface area contributed by atoms with E-state index in [1.807, 2.05) is 35.2 Å². The van der Waals surface area contributed by atoms with Crippen LogP contribution in [0.2, 0.25) is 0 Å². The van der Waals surface area contributed by atoms with E-state index < -0.39 is 5.92 Å². The molecule has 166 valence electrons. The zero-order valence-electron chi connectivity index (χ0n) is 18.9. The lowest BCUT2D eigenvalue weighted by molar-refractivity contribution is -0.118. The number of hydrogen-bond donors (Lipinski definition) is 1. The molecule has 2 aromatic rings. The maximum absolute atomic E-state index is 13.6. The first-order chi connectivity index (χ1) is 15.9. The second kappa shape index (κ2) is 7.90. The van der Waals surface area contributed by atoms with E-state index in [9.17, 15) is 15.3 Å². The number of benzene rings is 1. The summed E-state index contributed by atoms with van der Waals surface area (Å²) in [5.74, 6) is -0.0861. The van der Waals surface area contributed by atoms with Crippen molar-refractivity contribution < 1.29 is 4.79 Å². The van der Waals surface area contributed by atoms with E-state index in [0.29, 0.717) is 35.4 Å². The molecule has 2 heterocycles. The molecule has 0 bridgehead atoms. The SMILES string of the molecule is CC1(C)CC(=O)C2=C(C1)N(c1sc3c(c1C#N)CCCC3)C(N)=C(C#N)[C@H]2c1ccccc1. The van der Waals surface area contributed by atoms with Crippen LogP contribution in [0.15, 0.2) is 53.0 Å². The molecule has 6 heteroatoms. The largest absolute Gasteiger partial charge is 0.384 e. The van der Waals surface area contributed by atoms with Crippen LogP contribution in [-0.4, -0.2) is 5.78 Å². The number of carbonyl (C=O) groups is 1. The highest BCUT2D eigenvalue weighted by molar-refractivity contribution is 7.16. The van der Waals surface area contributed by atoms with Gasteiger partial charge in [0.2, 0.25) is 0 Å². The van der Waals surface area contributed by atoms with Gasteiger partial charge in [-0.25, -0.2) is 0 Å². The van der Waals surface area contributed by atoms with Gasteiger partial charge in [0.25, 0.3) is 0 Å². The Kier molecular flexibility index (Phi) is 5.15. The molecule has 3 aliphatic rings. The maximum atomic E-state index is 13.6. The molecule has 2 aliphatic carbocycles. The monoisotopic (exact) mass is 454 g/mol. The van der Waals surface area contributed by atoms with Crippen molar-refractivity contribution in [3.05, 3.63) is 74.6 Å². The molecule has 1 aromatic heterocycles. The van der Waals surface area contributed by atoms with Crippen molar-refractivity contribution in [1.29, 1.82) is 10.5 Å². The lowest BCUT2D eigenvalue weighted by Gasteiger charge is -2.43. The molecular formula is C27H26N4OS. The van der Waals surface area contributed by atoms with Gasteiger partial charge in [-0.15, -0.1) is 11.3 Å². The van der Waals surface area contributed by atoms with Crippen LogP contribution in [-0.2, 0) is 17.6 Å². The first-order valence-electron chi connectivity index (χ1n) is 11.4. The predicted molar refractivity (Wildman–Crippen MR) is 129 cm³/mol. The summed E-state index contributed by atoms with van der Waals surface area (Å²) in [6, 6.07) is 14.4. The summed E-state index contributed by atoms with van der Waals surface area (Å²) in [4.78, 5) is 16.7. The Labute approximate surface area is 198 Å². The van der Waals surface area contributed by atoms with Crippen molar-refractivity contribution in [3.63, 3.8) is 0 Å². The number of nitrogens with two attached hydrogens (primary N) is 1. The number of carbonyl (C=O) groups excluding carboxylic acids is 1. The first-order valence-corrected chi connectivity index (χ1v) is 12.2. The number of thiophene rings is 1. The van der Waals surface area contributed by atoms with Gasteiger partial charge in [0.15, 0.2) is 5.78 Å². The van der Waals surface area contributed by atoms with Crippen molar-refractivity contribution in [2.75, 3.05) is 4.90 Å². The van der Waals surface area contributed by atoms with Gasteiger partial charge < -0.3 is 5.73 Å². The molecule has 2 N–H and O–H groups in total. The molecule has 1 aromatic carbocycles. The second-order valence-corrected chi connectivity index (χ2v) is 11.0. The minimum atomic E-state index is -0.480. The molecule has 0 radical (unpaired) electrons. The second-order valence-electron chi connectivity index (χ2n) is 9.89. The number of allylic oxidation sites excluding steroid dienone is 3. The quantitative estimate of drug-likeness (QED) is 0.652. The van der Waals surface area contributed by atoms with Gasteiger partial charge in [0.05, 0.1) is 23.1 Å². The smallest absolute Gasteiger partial charge is 0.162 e. The molecule has 0 saturated heterocycles. The standard InChI is InChI=1S/C27H26N4OS/c1-27(2)12-20-24(21(32)13-27)23(16-8-4-3-5-9-16)19(15-29)25(30)31(20)26-18(14-28)17-10-6-7-11-22(17)33-26/h3-5,8-9,23H,6-7,10-13,30H2,1-2H3/t23-/m1/s1. The number of ketones is 1. The molecule has 0 unspecified atom stereocenters. The molecule has 5 nitrogen and oxygen atoms in total. The van der Waals surface area contributed by atoms with Crippen LogP contribution in [0.25, 0.3) is 0 Å². The van der Waals surface area contributed by atoms with E-state index in [-0.39, 0.29) is 11.2 Å². The molecule has 0 amide bonds. The van der Waals surface area contributed by atoms with Gasteiger partial charge in [-0.2, -0.15) is 10.5 Å². The molecule has 1 atom stereocenters. The average Bonchev–Trinajstić information content (AvgIpc) is 3.16. The molecule has 1 aliphatic heterocycles. The summed E-state index contributed by atoms with van der Waals surface area (Å²) in [6.07, 6.45) is 5.11. The summed E-state index contributed by atoms with van der Waals surface area (Å²) in [7, 11) is 0. The van der Waals surface area contributed by atoms with Crippen molar-refractivity contribution in [2.24, 2.45) is 11.1 Å².